The Balaban J connectivity index is 2.44. The molecule has 0 heterocycles. The Morgan fingerprint density at radius 2 is 2.27 bits per heavy atom. The number of carbonyl (C=O) groups is 1. The monoisotopic (exact) mass is 215 g/mol. The summed E-state index contributed by atoms with van der Waals surface area (Å²) in [5.74, 6) is -0.800. The Hall–Kier alpha value is -0.610. The van der Waals surface area contributed by atoms with Crippen LogP contribution in [0.3, 0.4) is 0 Å². The van der Waals surface area contributed by atoms with Gasteiger partial charge in [-0.3, -0.25) is 4.79 Å². The van der Waals surface area contributed by atoms with Crippen molar-refractivity contribution in [3.8, 4) is 0 Å². The summed E-state index contributed by atoms with van der Waals surface area (Å²) >= 11 is 0. The molecule has 0 radical (unpaired) electrons. The van der Waals surface area contributed by atoms with Crippen molar-refractivity contribution >= 4 is 5.97 Å². The van der Waals surface area contributed by atoms with Crippen molar-refractivity contribution in [1.29, 1.82) is 0 Å². The highest BCUT2D eigenvalue weighted by molar-refractivity contribution is 5.72. The van der Waals surface area contributed by atoms with E-state index in [-0.39, 0.29) is 17.6 Å². The zero-order valence-corrected chi connectivity index (χ0v) is 9.91. The van der Waals surface area contributed by atoms with Gasteiger partial charge in [0.25, 0.3) is 0 Å². The van der Waals surface area contributed by atoms with Crippen LogP contribution in [-0.4, -0.2) is 35.9 Å². The molecule has 1 aliphatic rings. The zero-order valence-electron chi connectivity index (χ0n) is 9.91. The van der Waals surface area contributed by atoms with Gasteiger partial charge in [0.15, 0.2) is 0 Å². The second kappa shape index (κ2) is 4.49. The van der Waals surface area contributed by atoms with Crippen molar-refractivity contribution in [1.82, 2.24) is 5.32 Å². The number of ether oxygens (including phenoxy) is 1. The third kappa shape index (κ3) is 2.49. The van der Waals surface area contributed by atoms with Crippen molar-refractivity contribution < 1.29 is 14.6 Å². The van der Waals surface area contributed by atoms with Gasteiger partial charge in [-0.05, 0) is 20.3 Å². The molecule has 88 valence electrons. The molecule has 4 nitrogen and oxygen atoms in total. The van der Waals surface area contributed by atoms with Gasteiger partial charge in [-0.15, -0.1) is 0 Å². The SMILES string of the molecule is CCOC1CC(NC(C)C(=O)O)C1(C)C. The highest BCUT2D eigenvalue weighted by atomic mass is 16.5. The van der Waals surface area contributed by atoms with Crippen LogP contribution in [0.25, 0.3) is 0 Å². The van der Waals surface area contributed by atoms with Crippen molar-refractivity contribution in [2.45, 2.75) is 52.3 Å². The highest BCUT2D eigenvalue weighted by Gasteiger charge is 2.49. The molecule has 0 aromatic rings. The lowest BCUT2D eigenvalue weighted by Gasteiger charge is -2.52. The van der Waals surface area contributed by atoms with E-state index in [1.165, 1.54) is 0 Å². The van der Waals surface area contributed by atoms with E-state index in [1.54, 1.807) is 6.92 Å². The Morgan fingerprint density at radius 3 is 2.67 bits per heavy atom. The first-order valence-electron chi connectivity index (χ1n) is 5.50. The third-order valence-corrected chi connectivity index (χ3v) is 3.37. The lowest BCUT2D eigenvalue weighted by Crippen LogP contribution is -2.63. The number of nitrogens with one attached hydrogen (secondary N) is 1. The molecule has 0 spiro atoms. The number of rotatable bonds is 5. The molecule has 1 rings (SSSR count). The zero-order chi connectivity index (χ0) is 11.6. The molecule has 1 fully saturated rings. The van der Waals surface area contributed by atoms with E-state index in [0.717, 1.165) is 13.0 Å². The Bertz CT molecular complexity index is 240. The molecule has 0 aromatic carbocycles. The van der Waals surface area contributed by atoms with Gasteiger partial charge in [-0.2, -0.15) is 0 Å². The summed E-state index contributed by atoms with van der Waals surface area (Å²) in [6, 6.07) is -0.253. The van der Waals surface area contributed by atoms with Gasteiger partial charge in [0.1, 0.15) is 6.04 Å². The maximum absolute atomic E-state index is 10.7. The summed E-state index contributed by atoms with van der Waals surface area (Å²) in [5.41, 5.74) is 0.0275. The quantitative estimate of drug-likeness (QED) is 0.724. The summed E-state index contributed by atoms with van der Waals surface area (Å²) in [6.45, 7) is 8.60. The lowest BCUT2D eigenvalue weighted by atomic mass is 9.64. The van der Waals surface area contributed by atoms with Crippen molar-refractivity contribution in [2.75, 3.05) is 6.61 Å². The fourth-order valence-electron chi connectivity index (χ4n) is 2.03. The van der Waals surface area contributed by atoms with E-state index < -0.39 is 12.0 Å². The molecule has 0 bridgehead atoms. The largest absolute Gasteiger partial charge is 0.480 e. The van der Waals surface area contributed by atoms with Crippen LogP contribution >= 0.6 is 0 Å². The van der Waals surface area contributed by atoms with E-state index >= 15 is 0 Å². The fraction of sp³-hybridized carbons (Fsp3) is 0.909. The number of aliphatic carboxylic acids is 1. The Morgan fingerprint density at radius 1 is 1.67 bits per heavy atom. The minimum Gasteiger partial charge on any atom is -0.480 e. The second-order valence-corrected chi connectivity index (χ2v) is 4.78. The van der Waals surface area contributed by atoms with E-state index in [2.05, 4.69) is 19.2 Å². The van der Waals surface area contributed by atoms with Gasteiger partial charge in [0.05, 0.1) is 6.10 Å². The molecule has 1 saturated carbocycles. The first-order valence-corrected chi connectivity index (χ1v) is 5.50. The summed E-state index contributed by atoms with van der Waals surface area (Å²) in [5, 5.41) is 11.9. The van der Waals surface area contributed by atoms with Crippen molar-refractivity contribution in [3.05, 3.63) is 0 Å². The second-order valence-electron chi connectivity index (χ2n) is 4.78. The average molecular weight is 215 g/mol. The molecule has 2 N–H and O–H groups in total. The van der Waals surface area contributed by atoms with Gasteiger partial charge >= 0.3 is 5.97 Å². The molecule has 0 aliphatic heterocycles. The van der Waals surface area contributed by atoms with E-state index in [4.69, 9.17) is 9.84 Å². The predicted octanol–water partition coefficient (Wildman–Crippen LogP) is 1.25. The number of hydrogen-bond donors (Lipinski definition) is 2. The van der Waals surface area contributed by atoms with Crippen molar-refractivity contribution in [3.63, 3.8) is 0 Å². The van der Waals surface area contributed by atoms with Crippen LogP contribution in [-0.2, 0) is 9.53 Å². The normalized spacial score (nSPS) is 30.7. The van der Waals surface area contributed by atoms with Crippen molar-refractivity contribution in [2.24, 2.45) is 5.41 Å². The first-order chi connectivity index (χ1) is 6.89. The molecule has 0 saturated heterocycles. The molecule has 0 amide bonds. The number of carboxylic acid groups (broad SMARTS) is 1. The summed E-state index contributed by atoms with van der Waals surface area (Å²) < 4.78 is 5.58. The van der Waals surface area contributed by atoms with Gasteiger partial charge in [-0.25, -0.2) is 0 Å². The van der Waals surface area contributed by atoms with Crippen LogP contribution in [0.1, 0.15) is 34.1 Å². The van der Waals surface area contributed by atoms with Gasteiger partial charge < -0.3 is 15.2 Å². The Kier molecular flexibility index (Phi) is 3.73. The minimum absolute atomic E-state index is 0.0275. The Labute approximate surface area is 91.0 Å². The molecule has 1 aliphatic carbocycles. The van der Waals surface area contributed by atoms with Gasteiger partial charge in [0, 0.05) is 18.1 Å². The predicted molar refractivity (Wildman–Crippen MR) is 57.8 cm³/mol. The standard InChI is InChI=1S/C11H21NO3/c1-5-15-9-6-8(11(9,3)4)12-7(2)10(13)14/h7-9,12H,5-6H2,1-4H3,(H,13,14). The van der Waals surface area contributed by atoms with E-state index in [1.807, 2.05) is 6.92 Å². The first kappa shape index (κ1) is 12.5. The molecule has 0 aromatic heterocycles. The minimum atomic E-state index is -0.800. The summed E-state index contributed by atoms with van der Waals surface area (Å²) in [4.78, 5) is 10.7. The summed E-state index contributed by atoms with van der Waals surface area (Å²) in [6.07, 6.45) is 1.15. The average Bonchev–Trinajstić information content (AvgIpc) is 2.16. The van der Waals surface area contributed by atoms with Crippen LogP contribution < -0.4 is 5.32 Å². The molecule has 4 heteroatoms. The molecular formula is C11H21NO3. The van der Waals surface area contributed by atoms with Crippen LogP contribution in [0.5, 0.6) is 0 Å². The summed E-state index contributed by atoms with van der Waals surface area (Å²) in [7, 11) is 0. The molecule has 15 heavy (non-hydrogen) atoms. The van der Waals surface area contributed by atoms with Crippen LogP contribution in [0.4, 0.5) is 0 Å². The third-order valence-electron chi connectivity index (χ3n) is 3.37. The van der Waals surface area contributed by atoms with E-state index in [9.17, 15) is 4.79 Å². The topological polar surface area (TPSA) is 58.6 Å². The maximum Gasteiger partial charge on any atom is 0.320 e. The van der Waals surface area contributed by atoms with Crippen LogP contribution in [0, 0.1) is 5.41 Å². The van der Waals surface area contributed by atoms with E-state index in [0.29, 0.717) is 0 Å². The number of carboxylic acids is 1. The fourth-order valence-corrected chi connectivity index (χ4v) is 2.03. The van der Waals surface area contributed by atoms with Crippen LogP contribution in [0.2, 0.25) is 0 Å². The number of hydrogen-bond acceptors (Lipinski definition) is 3. The smallest absolute Gasteiger partial charge is 0.320 e. The van der Waals surface area contributed by atoms with Crippen LogP contribution in [0.15, 0.2) is 0 Å². The molecule has 3 atom stereocenters. The van der Waals surface area contributed by atoms with Gasteiger partial charge in [-0.1, -0.05) is 13.8 Å². The molecule has 3 unspecified atom stereocenters. The maximum atomic E-state index is 10.7. The highest BCUT2D eigenvalue weighted by Crippen LogP contribution is 2.42. The molecular weight excluding hydrogens is 194 g/mol. The lowest BCUT2D eigenvalue weighted by molar-refractivity contribution is -0.143. The van der Waals surface area contributed by atoms with Gasteiger partial charge in [0.2, 0.25) is 0 Å².